The lowest BCUT2D eigenvalue weighted by atomic mass is 10.2. The van der Waals surface area contributed by atoms with Crippen molar-refractivity contribution in [1.82, 2.24) is 30.1 Å². The molecule has 4 aromatic rings. The van der Waals surface area contributed by atoms with Gasteiger partial charge in [0, 0.05) is 32.0 Å². The van der Waals surface area contributed by atoms with Crippen LogP contribution < -0.4 is 10.6 Å². The smallest absolute Gasteiger partial charge is 0.139 e. The van der Waals surface area contributed by atoms with Crippen LogP contribution in [0.4, 0.5) is 5.82 Å². The van der Waals surface area contributed by atoms with Crippen LogP contribution >= 0.6 is 0 Å². The lowest BCUT2D eigenvalue weighted by Crippen LogP contribution is -2.22. The largest absolute Gasteiger partial charge is 0.369 e. The number of nitrogens with one attached hydrogen (secondary N) is 2. The van der Waals surface area contributed by atoms with Crippen molar-refractivity contribution >= 4 is 11.3 Å². The number of anilines is 1. The van der Waals surface area contributed by atoms with E-state index in [9.17, 15) is 0 Å². The molecule has 0 radical (unpaired) electrons. The summed E-state index contributed by atoms with van der Waals surface area (Å²) in [5.41, 5.74) is 3.56. The number of aromatic nitrogens is 5. The number of fused-ring (bicyclic) bond motifs is 1. The van der Waals surface area contributed by atoms with Gasteiger partial charge in [-0.2, -0.15) is 0 Å². The normalized spacial score (nSPS) is 10.9. The molecule has 2 N–H and O–H groups in total. The molecular formula is C19H19N7. The van der Waals surface area contributed by atoms with Gasteiger partial charge in [0.2, 0.25) is 0 Å². The van der Waals surface area contributed by atoms with Gasteiger partial charge in [0.25, 0.3) is 0 Å². The average Bonchev–Trinajstić information content (AvgIpc) is 3.13. The van der Waals surface area contributed by atoms with Crippen LogP contribution in [-0.2, 0) is 6.54 Å². The van der Waals surface area contributed by atoms with Crippen molar-refractivity contribution in [2.45, 2.75) is 6.54 Å². The first-order valence-corrected chi connectivity index (χ1v) is 8.52. The lowest BCUT2D eigenvalue weighted by molar-refractivity contribution is 0.692. The Kier molecular flexibility index (Phi) is 4.79. The maximum absolute atomic E-state index is 4.65. The first kappa shape index (κ1) is 16.2. The fourth-order valence-electron chi connectivity index (χ4n) is 2.69. The lowest BCUT2D eigenvalue weighted by Gasteiger charge is -2.08. The van der Waals surface area contributed by atoms with Crippen LogP contribution in [0.3, 0.4) is 0 Å². The summed E-state index contributed by atoms with van der Waals surface area (Å²) >= 11 is 0. The maximum Gasteiger partial charge on any atom is 0.139 e. The van der Waals surface area contributed by atoms with E-state index in [2.05, 4.69) is 30.9 Å². The molecular weight excluding hydrogens is 326 g/mol. The fourth-order valence-corrected chi connectivity index (χ4v) is 2.69. The Hall–Kier alpha value is -3.32. The Morgan fingerprint density at radius 1 is 0.923 bits per heavy atom. The SMILES string of the molecule is c1ccc(CNCCNc2cccc(-c3nnn4ccccc34)n2)nc1. The minimum absolute atomic E-state index is 0.752. The number of nitrogens with zero attached hydrogens (tertiary/aromatic N) is 5. The Labute approximate surface area is 151 Å². The highest BCUT2D eigenvalue weighted by molar-refractivity contribution is 5.74. The first-order valence-electron chi connectivity index (χ1n) is 8.52. The van der Waals surface area contributed by atoms with Gasteiger partial charge in [0.05, 0.1) is 16.9 Å². The van der Waals surface area contributed by atoms with E-state index in [-0.39, 0.29) is 0 Å². The quantitative estimate of drug-likeness (QED) is 0.501. The molecule has 0 amide bonds. The number of hydrogen-bond donors (Lipinski definition) is 2. The standard InChI is InChI=1S/C19H19N7/c1-3-10-21-15(6-1)14-20-11-12-22-18-9-5-7-16(23-18)19-17-8-2-4-13-26(17)25-24-19/h1-10,13,20H,11-12,14H2,(H,22,23). The molecule has 26 heavy (non-hydrogen) atoms. The highest BCUT2D eigenvalue weighted by Crippen LogP contribution is 2.21. The second kappa shape index (κ2) is 7.71. The van der Waals surface area contributed by atoms with Crippen molar-refractivity contribution in [3.8, 4) is 11.4 Å². The third-order valence-electron chi connectivity index (χ3n) is 3.95. The van der Waals surface area contributed by atoms with E-state index in [1.807, 2.05) is 60.8 Å². The summed E-state index contributed by atoms with van der Waals surface area (Å²) in [6, 6.07) is 17.7. The molecule has 4 heterocycles. The van der Waals surface area contributed by atoms with Gasteiger partial charge >= 0.3 is 0 Å². The topological polar surface area (TPSA) is 80.0 Å². The maximum atomic E-state index is 4.65. The van der Waals surface area contributed by atoms with Crippen molar-refractivity contribution in [1.29, 1.82) is 0 Å². The minimum Gasteiger partial charge on any atom is -0.369 e. The minimum atomic E-state index is 0.752. The molecule has 7 heteroatoms. The Morgan fingerprint density at radius 3 is 2.81 bits per heavy atom. The van der Waals surface area contributed by atoms with Crippen LogP contribution in [0, 0.1) is 0 Å². The van der Waals surface area contributed by atoms with Crippen molar-refractivity contribution in [3.05, 3.63) is 72.7 Å². The fraction of sp³-hybridized carbons (Fsp3) is 0.158. The van der Waals surface area contributed by atoms with Gasteiger partial charge in [-0.1, -0.05) is 23.4 Å². The van der Waals surface area contributed by atoms with Crippen LogP contribution in [0.15, 0.2) is 67.0 Å². The molecule has 0 unspecified atom stereocenters. The zero-order valence-corrected chi connectivity index (χ0v) is 14.2. The molecule has 0 aliphatic rings. The Balaban J connectivity index is 1.36. The van der Waals surface area contributed by atoms with Crippen LogP contribution in [0.2, 0.25) is 0 Å². The molecule has 0 aromatic carbocycles. The molecule has 0 aliphatic heterocycles. The van der Waals surface area contributed by atoms with Gasteiger partial charge < -0.3 is 10.6 Å². The number of pyridine rings is 3. The highest BCUT2D eigenvalue weighted by atomic mass is 15.4. The summed E-state index contributed by atoms with van der Waals surface area (Å²) in [5, 5.41) is 15.1. The molecule has 0 bridgehead atoms. The molecule has 0 aliphatic carbocycles. The zero-order chi connectivity index (χ0) is 17.6. The molecule has 0 saturated carbocycles. The van der Waals surface area contributed by atoms with E-state index >= 15 is 0 Å². The van der Waals surface area contributed by atoms with Gasteiger partial charge in [0.15, 0.2) is 0 Å². The Morgan fingerprint density at radius 2 is 1.88 bits per heavy atom. The first-order chi connectivity index (χ1) is 12.9. The van der Waals surface area contributed by atoms with Gasteiger partial charge in [-0.15, -0.1) is 5.10 Å². The van der Waals surface area contributed by atoms with Gasteiger partial charge in [-0.05, 0) is 36.4 Å². The van der Waals surface area contributed by atoms with E-state index in [0.29, 0.717) is 0 Å². The highest BCUT2D eigenvalue weighted by Gasteiger charge is 2.09. The van der Waals surface area contributed by atoms with Crippen molar-refractivity contribution in [3.63, 3.8) is 0 Å². The molecule has 0 atom stereocenters. The van der Waals surface area contributed by atoms with E-state index in [1.54, 1.807) is 10.7 Å². The summed E-state index contributed by atoms with van der Waals surface area (Å²) < 4.78 is 1.75. The van der Waals surface area contributed by atoms with Crippen molar-refractivity contribution in [2.24, 2.45) is 0 Å². The molecule has 4 aromatic heterocycles. The third-order valence-corrected chi connectivity index (χ3v) is 3.95. The predicted molar refractivity (Wildman–Crippen MR) is 101 cm³/mol. The van der Waals surface area contributed by atoms with E-state index in [4.69, 9.17) is 0 Å². The number of rotatable bonds is 7. The van der Waals surface area contributed by atoms with Crippen molar-refractivity contribution < 1.29 is 0 Å². The van der Waals surface area contributed by atoms with E-state index < -0.39 is 0 Å². The average molecular weight is 345 g/mol. The van der Waals surface area contributed by atoms with Gasteiger partial charge in [0.1, 0.15) is 11.5 Å². The molecule has 0 spiro atoms. The molecule has 0 saturated heterocycles. The third kappa shape index (κ3) is 3.68. The summed E-state index contributed by atoms with van der Waals surface area (Å²) in [4.78, 5) is 8.94. The second-order valence-corrected chi connectivity index (χ2v) is 5.80. The van der Waals surface area contributed by atoms with Crippen LogP contribution in [0.5, 0.6) is 0 Å². The van der Waals surface area contributed by atoms with E-state index in [0.717, 1.165) is 48.1 Å². The molecule has 0 fully saturated rings. The van der Waals surface area contributed by atoms with Crippen LogP contribution in [0.1, 0.15) is 5.69 Å². The molecule has 7 nitrogen and oxygen atoms in total. The molecule has 4 rings (SSSR count). The second-order valence-electron chi connectivity index (χ2n) is 5.80. The monoisotopic (exact) mass is 345 g/mol. The summed E-state index contributed by atoms with van der Waals surface area (Å²) in [7, 11) is 0. The Bertz CT molecular complexity index is 981. The van der Waals surface area contributed by atoms with Crippen LogP contribution in [0.25, 0.3) is 16.9 Å². The summed E-state index contributed by atoms with van der Waals surface area (Å²) in [6.07, 6.45) is 3.68. The van der Waals surface area contributed by atoms with Crippen LogP contribution in [-0.4, -0.2) is 37.9 Å². The molecule has 130 valence electrons. The number of hydrogen-bond acceptors (Lipinski definition) is 6. The van der Waals surface area contributed by atoms with Gasteiger partial charge in [-0.25, -0.2) is 9.50 Å². The van der Waals surface area contributed by atoms with Gasteiger partial charge in [-0.3, -0.25) is 4.98 Å². The summed E-state index contributed by atoms with van der Waals surface area (Å²) in [6.45, 7) is 2.34. The summed E-state index contributed by atoms with van der Waals surface area (Å²) in [5.74, 6) is 0.819. The van der Waals surface area contributed by atoms with E-state index in [1.165, 1.54) is 0 Å². The van der Waals surface area contributed by atoms with Crippen molar-refractivity contribution in [2.75, 3.05) is 18.4 Å². The predicted octanol–water partition coefficient (Wildman–Crippen LogP) is 2.39. The zero-order valence-electron chi connectivity index (χ0n) is 14.2.